The predicted molar refractivity (Wildman–Crippen MR) is 111 cm³/mol. The average molecular weight is 388 g/mol. The molecule has 1 atom stereocenters. The van der Waals surface area contributed by atoms with Crippen molar-refractivity contribution >= 4 is 23.5 Å². The summed E-state index contributed by atoms with van der Waals surface area (Å²) >= 11 is 0. The van der Waals surface area contributed by atoms with E-state index >= 15 is 0 Å². The minimum Gasteiger partial charge on any atom is -0.383 e. The third-order valence-electron chi connectivity index (χ3n) is 6.17. The van der Waals surface area contributed by atoms with E-state index in [2.05, 4.69) is 25.1 Å². The van der Waals surface area contributed by atoms with Crippen molar-refractivity contribution in [3.05, 3.63) is 6.07 Å². The van der Waals surface area contributed by atoms with Crippen LogP contribution in [0.15, 0.2) is 6.07 Å². The third kappa shape index (κ3) is 4.48. The van der Waals surface area contributed by atoms with Crippen molar-refractivity contribution < 1.29 is 4.79 Å². The molecule has 3 aliphatic rings. The molecule has 1 aromatic heterocycles. The first-order chi connectivity index (χ1) is 13.5. The predicted octanol–water partition coefficient (Wildman–Crippen LogP) is 1.08. The van der Waals surface area contributed by atoms with Gasteiger partial charge in [0.05, 0.1) is 5.92 Å². The third-order valence-corrected chi connectivity index (χ3v) is 6.17. The molecule has 1 aliphatic carbocycles. The molecule has 8 nitrogen and oxygen atoms in total. The number of carbonyl (C=O) groups excluding carboxylic acids is 1. The van der Waals surface area contributed by atoms with Crippen LogP contribution in [0.25, 0.3) is 0 Å². The Bertz CT molecular complexity index is 698. The van der Waals surface area contributed by atoms with Crippen molar-refractivity contribution in [1.82, 2.24) is 20.2 Å². The molecular formula is C20H33N7O. The molecule has 154 valence electrons. The van der Waals surface area contributed by atoms with Crippen molar-refractivity contribution in [2.45, 2.75) is 50.6 Å². The fourth-order valence-electron chi connectivity index (χ4n) is 4.36. The number of rotatable bonds is 5. The maximum Gasteiger partial charge on any atom is 0.228 e. The van der Waals surface area contributed by atoms with Gasteiger partial charge in [-0.25, -0.2) is 0 Å². The molecule has 0 spiro atoms. The van der Waals surface area contributed by atoms with E-state index < -0.39 is 0 Å². The molecule has 3 heterocycles. The smallest absolute Gasteiger partial charge is 0.228 e. The monoisotopic (exact) mass is 387 g/mol. The van der Waals surface area contributed by atoms with Crippen LogP contribution in [0.1, 0.15) is 38.5 Å². The first-order valence-corrected chi connectivity index (χ1v) is 10.6. The molecule has 0 aromatic carbocycles. The minimum absolute atomic E-state index is 0.164. The van der Waals surface area contributed by atoms with Gasteiger partial charge in [0.25, 0.3) is 0 Å². The average Bonchev–Trinajstić information content (AvgIpc) is 3.51. The second kappa shape index (κ2) is 8.11. The number of nitrogens with zero attached hydrogens (tertiary/aromatic N) is 5. The molecule has 3 N–H and O–H groups in total. The van der Waals surface area contributed by atoms with Gasteiger partial charge in [0, 0.05) is 51.9 Å². The molecular weight excluding hydrogens is 354 g/mol. The van der Waals surface area contributed by atoms with E-state index in [-0.39, 0.29) is 11.8 Å². The second-order valence-electron chi connectivity index (χ2n) is 8.68. The van der Waals surface area contributed by atoms with Crippen molar-refractivity contribution in [1.29, 1.82) is 0 Å². The number of nitrogens with one attached hydrogen (secondary N) is 1. The van der Waals surface area contributed by atoms with E-state index in [1.54, 1.807) is 0 Å². The number of hydrogen-bond donors (Lipinski definition) is 2. The summed E-state index contributed by atoms with van der Waals surface area (Å²) in [5.41, 5.74) is 5.98. The molecule has 28 heavy (non-hydrogen) atoms. The molecule has 4 rings (SSSR count). The number of hydrogen-bond acceptors (Lipinski definition) is 7. The molecule has 8 heteroatoms. The lowest BCUT2D eigenvalue weighted by molar-refractivity contribution is -0.127. The second-order valence-corrected chi connectivity index (χ2v) is 8.68. The highest BCUT2D eigenvalue weighted by molar-refractivity contribution is 5.79. The van der Waals surface area contributed by atoms with Gasteiger partial charge in [-0.05, 0) is 45.1 Å². The fourth-order valence-corrected chi connectivity index (χ4v) is 4.36. The number of carbonyl (C=O) groups is 1. The van der Waals surface area contributed by atoms with Gasteiger partial charge >= 0.3 is 0 Å². The van der Waals surface area contributed by atoms with Crippen molar-refractivity contribution in [3.8, 4) is 0 Å². The number of nitrogens with two attached hydrogens (primary N) is 1. The number of piperidine rings is 2. The molecule has 1 amide bonds. The summed E-state index contributed by atoms with van der Waals surface area (Å²) in [6.45, 7) is 3.95. The summed E-state index contributed by atoms with van der Waals surface area (Å²) in [5, 5.41) is 3.19. The van der Waals surface area contributed by atoms with Gasteiger partial charge in [-0.2, -0.15) is 9.97 Å². The zero-order chi connectivity index (χ0) is 19.7. The number of aromatic nitrogens is 2. The lowest BCUT2D eigenvalue weighted by Crippen LogP contribution is -2.51. The molecule has 3 fully saturated rings. The highest BCUT2D eigenvalue weighted by Gasteiger charge is 2.34. The topological polar surface area (TPSA) is 90.6 Å². The van der Waals surface area contributed by atoms with Crippen LogP contribution >= 0.6 is 0 Å². The van der Waals surface area contributed by atoms with E-state index in [9.17, 15) is 4.79 Å². The quantitative estimate of drug-likeness (QED) is 0.781. The Kier molecular flexibility index (Phi) is 5.57. The minimum atomic E-state index is 0.164. The number of likely N-dealkylation sites (tertiary alicyclic amines) is 1. The van der Waals surface area contributed by atoms with Crippen LogP contribution in [-0.2, 0) is 4.79 Å². The van der Waals surface area contributed by atoms with Crippen molar-refractivity contribution in [2.75, 3.05) is 55.8 Å². The normalized spacial score (nSPS) is 24.2. The van der Waals surface area contributed by atoms with E-state index in [0.29, 0.717) is 23.8 Å². The zero-order valence-corrected chi connectivity index (χ0v) is 17.1. The van der Waals surface area contributed by atoms with Gasteiger partial charge in [0.2, 0.25) is 11.9 Å². The maximum atomic E-state index is 12.5. The van der Waals surface area contributed by atoms with Gasteiger partial charge in [0.1, 0.15) is 11.6 Å². The molecule has 0 radical (unpaired) electrons. The Morgan fingerprint density at radius 2 is 1.89 bits per heavy atom. The van der Waals surface area contributed by atoms with Crippen LogP contribution in [0.2, 0.25) is 0 Å². The Morgan fingerprint density at radius 1 is 1.14 bits per heavy atom. The Balaban J connectivity index is 1.33. The van der Waals surface area contributed by atoms with Gasteiger partial charge in [-0.1, -0.05) is 0 Å². The fraction of sp³-hybridized carbons (Fsp3) is 0.750. The Labute approximate surface area is 167 Å². The lowest BCUT2D eigenvalue weighted by Gasteiger charge is -2.42. The number of nitrogen functional groups attached to an aromatic ring is 1. The number of anilines is 3. The number of amides is 1. The lowest BCUT2D eigenvalue weighted by atomic mass is 9.93. The van der Waals surface area contributed by atoms with E-state index in [4.69, 9.17) is 5.73 Å². The summed E-state index contributed by atoms with van der Waals surface area (Å²) in [5.74, 6) is 2.51. The summed E-state index contributed by atoms with van der Waals surface area (Å²) in [6.07, 6.45) is 6.66. The Hall–Kier alpha value is -2.09. The van der Waals surface area contributed by atoms with Crippen LogP contribution in [0.4, 0.5) is 17.6 Å². The SMILES string of the molecule is CN(C)c1nc(N)cc(N2CCC(N3CCCC(C(=O)NC4CC4)C3)CC2)n1. The molecule has 1 unspecified atom stereocenters. The highest BCUT2D eigenvalue weighted by Crippen LogP contribution is 2.28. The molecule has 0 bridgehead atoms. The van der Waals surface area contributed by atoms with Gasteiger partial charge < -0.3 is 20.9 Å². The summed E-state index contributed by atoms with van der Waals surface area (Å²) in [6, 6.07) is 2.88. The molecule has 2 saturated heterocycles. The van der Waals surface area contributed by atoms with Crippen LogP contribution in [0.3, 0.4) is 0 Å². The molecule has 2 aliphatic heterocycles. The standard InChI is InChI=1S/C20H33N7O/c1-25(2)20-23-17(21)12-18(24-20)26-10-7-16(8-11-26)27-9-3-4-14(13-27)19(28)22-15-5-6-15/h12,14-16H,3-11,13H2,1-2H3,(H,22,28)(H2,21,23,24). The largest absolute Gasteiger partial charge is 0.383 e. The van der Waals surface area contributed by atoms with Gasteiger partial charge in [-0.15, -0.1) is 0 Å². The van der Waals surface area contributed by atoms with E-state index in [1.165, 1.54) is 0 Å². The highest BCUT2D eigenvalue weighted by atomic mass is 16.2. The zero-order valence-electron chi connectivity index (χ0n) is 17.1. The summed E-state index contributed by atoms with van der Waals surface area (Å²) < 4.78 is 0. The molecule has 1 aromatic rings. The van der Waals surface area contributed by atoms with Gasteiger partial charge in [-0.3, -0.25) is 9.69 Å². The van der Waals surface area contributed by atoms with Crippen LogP contribution < -0.4 is 20.9 Å². The Morgan fingerprint density at radius 3 is 2.57 bits per heavy atom. The summed E-state index contributed by atoms with van der Waals surface area (Å²) in [4.78, 5) is 28.1. The van der Waals surface area contributed by atoms with Crippen molar-refractivity contribution in [2.24, 2.45) is 5.92 Å². The summed E-state index contributed by atoms with van der Waals surface area (Å²) in [7, 11) is 3.86. The first kappa shape index (κ1) is 19.2. The van der Waals surface area contributed by atoms with Crippen LogP contribution in [0.5, 0.6) is 0 Å². The van der Waals surface area contributed by atoms with E-state index in [0.717, 1.165) is 70.5 Å². The van der Waals surface area contributed by atoms with Crippen LogP contribution in [0, 0.1) is 5.92 Å². The first-order valence-electron chi connectivity index (χ1n) is 10.6. The maximum absolute atomic E-state index is 12.5. The van der Waals surface area contributed by atoms with Crippen molar-refractivity contribution in [3.63, 3.8) is 0 Å². The van der Waals surface area contributed by atoms with Crippen LogP contribution in [-0.4, -0.2) is 73.1 Å². The van der Waals surface area contributed by atoms with Gasteiger partial charge in [0.15, 0.2) is 0 Å². The molecule has 1 saturated carbocycles. The van der Waals surface area contributed by atoms with E-state index in [1.807, 2.05) is 25.1 Å².